The van der Waals surface area contributed by atoms with Crippen LogP contribution in [0.25, 0.3) is 0 Å². The number of hydrogen-bond acceptors (Lipinski definition) is 4. The molecule has 0 aromatic rings. The van der Waals surface area contributed by atoms with Crippen LogP contribution in [0.2, 0.25) is 0 Å². The van der Waals surface area contributed by atoms with Crippen LogP contribution in [-0.4, -0.2) is 60.7 Å². The lowest BCUT2D eigenvalue weighted by Gasteiger charge is -2.34. The molecule has 2 saturated heterocycles. The highest BCUT2D eigenvalue weighted by Gasteiger charge is 2.26. The first-order valence-electron chi connectivity index (χ1n) is 5.97. The molecule has 2 aliphatic heterocycles. The van der Waals surface area contributed by atoms with E-state index in [1.165, 1.54) is 0 Å². The van der Waals surface area contributed by atoms with Crippen LogP contribution in [0.15, 0.2) is 0 Å². The summed E-state index contributed by atoms with van der Waals surface area (Å²) in [4.78, 5) is 14.1. The van der Waals surface area contributed by atoms with Crippen molar-refractivity contribution in [3.05, 3.63) is 0 Å². The van der Waals surface area contributed by atoms with Gasteiger partial charge in [0.1, 0.15) is 0 Å². The maximum absolute atomic E-state index is 12.1. The number of nitrogens with one attached hydrogen (secondary N) is 1. The van der Waals surface area contributed by atoms with Crippen LogP contribution in [0.1, 0.15) is 13.3 Å². The molecule has 0 bridgehead atoms. The molecule has 4 nitrogen and oxygen atoms in total. The quantitative estimate of drug-likeness (QED) is 0.760. The van der Waals surface area contributed by atoms with Gasteiger partial charge in [-0.2, -0.15) is 11.8 Å². The molecule has 1 amide bonds. The molecule has 2 atom stereocenters. The van der Waals surface area contributed by atoms with E-state index >= 15 is 0 Å². The average Bonchev–Trinajstić information content (AvgIpc) is 2.31. The van der Waals surface area contributed by atoms with Gasteiger partial charge in [-0.15, -0.1) is 0 Å². The zero-order valence-electron chi connectivity index (χ0n) is 9.78. The molecular weight excluding hydrogens is 224 g/mol. The van der Waals surface area contributed by atoms with Crippen molar-refractivity contribution >= 4 is 17.7 Å². The van der Waals surface area contributed by atoms with Crippen molar-refractivity contribution in [1.82, 2.24) is 10.2 Å². The van der Waals surface area contributed by atoms with Crippen molar-refractivity contribution in [2.75, 3.05) is 37.7 Å². The number of carbonyl (C=O) groups excluding carboxylic acids is 1. The summed E-state index contributed by atoms with van der Waals surface area (Å²) in [6.07, 6.45) is 0.602. The van der Waals surface area contributed by atoms with E-state index in [0.717, 1.165) is 37.7 Å². The van der Waals surface area contributed by atoms with E-state index in [1.807, 2.05) is 16.7 Å². The van der Waals surface area contributed by atoms with Gasteiger partial charge in [0, 0.05) is 37.2 Å². The summed E-state index contributed by atoms with van der Waals surface area (Å²) in [6.45, 7) is 5.46. The predicted octanol–water partition coefficient (Wildman–Crippen LogP) is 0.329. The van der Waals surface area contributed by atoms with Gasteiger partial charge in [-0.05, 0) is 6.92 Å². The SMILES string of the molecule is CC1CSCCN1C(=O)CC1CNCCO1. The second kappa shape index (κ2) is 5.89. The van der Waals surface area contributed by atoms with Crippen molar-refractivity contribution < 1.29 is 9.53 Å². The van der Waals surface area contributed by atoms with Crippen LogP contribution < -0.4 is 5.32 Å². The van der Waals surface area contributed by atoms with Gasteiger partial charge in [0.2, 0.25) is 5.91 Å². The Labute approximate surface area is 101 Å². The highest BCUT2D eigenvalue weighted by atomic mass is 32.2. The van der Waals surface area contributed by atoms with Crippen molar-refractivity contribution in [1.29, 1.82) is 0 Å². The van der Waals surface area contributed by atoms with Gasteiger partial charge in [0.15, 0.2) is 0 Å². The van der Waals surface area contributed by atoms with Crippen LogP contribution in [0.4, 0.5) is 0 Å². The number of morpholine rings is 1. The number of ether oxygens (including phenoxy) is 1. The molecular formula is C11H20N2O2S. The molecule has 2 fully saturated rings. The van der Waals surface area contributed by atoms with Crippen molar-refractivity contribution in [3.63, 3.8) is 0 Å². The predicted molar refractivity (Wildman–Crippen MR) is 65.7 cm³/mol. The molecule has 2 unspecified atom stereocenters. The second-order valence-electron chi connectivity index (χ2n) is 4.41. The molecule has 0 aromatic heterocycles. The van der Waals surface area contributed by atoms with Crippen LogP contribution >= 0.6 is 11.8 Å². The highest BCUT2D eigenvalue weighted by molar-refractivity contribution is 7.99. The molecule has 0 radical (unpaired) electrons. The van der Waals surface area contributed by atoms with Crippen LogP contribution in [-0.2, 0) is 9.53 Å². The molecule has 2 rings (SSSR count). The lowest BCUT2D eigenvalue weighted by molar-refractivity contribution is -0.136. The number of thioether (sulfide) groups is 1. The molecule has 92 valence electrons. The molecule has 1 N–H and O–H groups in total. The van der Waals surface area contributed by atoms with Gasteiger partial charge >= 0.3 is 0 Å². The Balaban J connectivity index is 1.81. The van der Waals surface area contributed by atoms with Crippen LogP contribution in [0.5, 0.6) is 0 Å². The fraction of sp³-hybridized carbons (Fsp3) is 0.909. The summed E-state index contributed by atoms with van der Waals surface area (Å²) in [6, 6.07) is 0.378. The Morgan fingerprint density at radius 1 is 1.62 bits per heavy atom. The first-order chi connectivity index (χ1) is 7.77. The van der Waals surface area contributed by atoms with Gasteiger partial charge in [0.05, 0.1) is 19.1 Å². The van der Waals surface area contributed by atoms with Gasteiger partial charge in [-0.1, -0.05) is 0 Å². The van der Waals surface area contributed by atoms with Crippen LogP contribution in [0, 0.1) is 0 Å². The number of amides is 1. The summed E-state index contributed by atoms with van der Waals surface area (Å²) in [5, 5.41) is 3.25. The van der Waals surface area contributed by atoms with E-state index in [1.54, 1.807) is 0 Å². The highest BCUT2D eigenvalue weighted by Crippen LogP contribution is 2.17. The third-order valence-electron chi connectivity index (χ3n) is 3.09. The Kier molecular flexibility index (Phi) is 4.49. The number of nitrogens with zero attached hydrogens (tertiary/aromatic N) is 1. The topological polar surface area (TPSA) is 41.6 Å². The lowest BCUT2D eigenvalue weighted by Crippen LogP contribution is -2.47. The smallest absolute Gasteiger partial charge is 0.225 e. The lowest BCUT2D eigenvalue weighted by atomic mass is 10.2. The molecule has 2 aliphatic rings. The maximum Gasteiger partial charge on any atom is 0.225 e. The fourth-order valence-corrected chi connectivity index (χ4v) is 3.17. The van der Waals surface area contributed by atoms with Crippen molar-refractivity contribution in [2.45, 2.75) is 25.5 Å². The summed E-state index contributed by atoms with van der Waals surface area (Å²) >= 11 is 1.93. The number of carbonyl (C=O) groups is 1. The number of rotatable bonds is 2. The minimum Gasteiger partial charge on any atom is -0.375 e. The molecule has 0 saturated carbocycles. The van der Waals surface area contributed by atoms with Gasteiger partial charge in [-0.3, -0.25) is 4.79 Å². The summed E-state index contributed by atoms with van der Waals surface area (Å²) in [7, 11) is 0. The second-order valence-corrected chi connectivity index (χ2v) is 5.56. The summed E-state index contributed by atoms with van der Waals surface area (Å²) in [5.74, 6) is 2.39. The Morgan fingerprint density at radius 2 is 2.50 bits per heavy atom. The molecule has 0 aliphatic carbocycles. The first-order valence-corrected chi connectivity index (χ1v) is 7.12. The normalized spacial score (nSPS) is 31.4. The largest absolute Gasteiger partial charge is 0.375 e. The standard InChI is InChI=1S/C11H20N2O2S/c1-9-8-16-5-3-13(9)11(14)6-10-7-12-2-4-15-10/h9-10,12H,2-8H2,1H3. The molecule has 5 heteroatoms. The van der Waals surface area contributed by atoms with Gasteiger partial charge in [0.25, 0.3) is 0 Å². The molecule has 16 heavy (non-hydrogen) atoms. The third kappa shape index (κ3) is 3.12. The minimum atomic E-state index is 0.0722. The zero-order valence-corrected chi connectivity index (χ0v) is 10.6. The molecule has 2 heterocycles. The fourth-order valence-electron chi connectivity index (χ4n) is 2.16. The average molecular weight is 244 g/mol. The summed E-state index contributed by atoms with van der Waals surface area (Å²) < 4.78 is 5.56. The molecule has 0 aromatic carbocycles. The van der Waals surface area contributed by atoms with E-state index in [4.69, 9.17) is 4.74 Å². The van der Waals surface area contributed by atoms with E-state index < -0.39 is 0 Å². The Morgan fingerprint density at radius 3 is 3.19 bits per heavy atom. The van der Waals surface area contributed by atoms with E-state index in [0.29, 0.717) is 12.5 Å². The minimum absolute atomic E-state index is 0.0722. The van der Waals surface area contributed by atoms with Gasteiger partial charge < -0.3 is 15.0 Å². The van der Waals surface area contributed by atoms with E-state index in [2.05, 4.69) is 12.2 Å². The monoisotopic (exact) mass is 244 g/mol. The van der Waals surface area contributed by atoms with Crippen molar-refractivity contribution in [2.24, 2.45) is 0 Å². The van der Waals surface area contributed by atoms with E-state index in [9.17, 15) is 4.79 Å². The summed E-state index contributed by atoms with van der Waals surface area (Å²) in [5.41, 5.74) is 0. The Bertz CT molecular complexity index is 244. The van der Waals surface area contributed by atoms with E-state index in [-0.39, 0.29) is 12.0 Å². The van der Waals surface area contributed by atoms with Crippen LogP contribution in [0.3, 0.4) is 0 Å². The first kappa shape index (κ1) is 12.2. The maximum atomic E-state index is 12.1. The van der Waals surface area contributed by atoms with Gasteiger partial charge in [-0.25, -0.2) is 0 Å². The van der Waals surface area contributed by atoms with Crippen molar-refractivity contribution in [3.8, 4) is 0 Å². The molecule has 0 spiro atoms. The Hall–Kier alpha value is -0.260. The number of hydrogen-bond donors (Lipinski definition) is 1. The third-order valence-corrected chi connectivity index (χ3v) is 4.28. The zero-order chi connectivity index (χ0) is 11.4.